The third-order valence-electron chi connectivity index (χ3n) is 5.66. The number of carbonyl (C=O) groups is 1. The lowest BCUT2D eigenvalue weighted by Gasteiger charge is -2.40. The van der Waals surface area contributed by atoms with Crippen LogP contribution in [0.4, 0.5) is 11.4 Å². The average Bonchev–Trinajstić information content (AvgIpc) is 2.75. The molecule has 1 aliphatic rings. The van der Waals surface area contributed by atoms with Gasteiger partial charge in [0.2, 0.25) is 0 Å². The molecule has 0 aliphatic carbocycles. The second kappa shape index (κ2) is 8.52. The second-order valence-corrected chi connectivity index (χ2v) is 7.83. The van der Waals surface area contributed by atoms with Crippen molar-refractivity contribution in [2.45, 2.75) is 45.2 Å². The number of fused-ring (bicyclic) bond motifs is 1. The van der Waals surface area contributed by atoms with Gasteiger partial charge in [-0.1, -0.05) is 61.9 Å². The third kappa shape index (κ3) is 4.04. The maximum Gasteiger partial charge on any atom is 0.258 e. The molecule has 0 radical (unpaired) electrons. The zero-order valence-corrected chi connectivity index (χ0v) is 17.1. The van der Waals surface area contributed by atoms with Crippen molar-refractivity contribution in [3.8, 4) is 0 Å². The number of aryl methyl sites for hydroxylation is 1. The molecule has 148 valence electrons. The molecule has 3 heteroatoms. The van der Waals surface area contributed by atoms with Crippen LogP contribution in [-0.4, -0.2) is 11.9 Å². The lowest BCUT2D eigenvalue weighted by atomic mass is 9.90. The molecule has 0 saturated heterocycles. The van der Waals surface area contributed by atoms with Crippen LogP contribution < -0.4 is 10.2 Å². The molecule has 29 heavy (non-hydrogen) atoms. The molecule has 4 rings (SSSR count). The van der Waals surface area contributed by atoms with Crippen molar-refractivity contribution in [3.05, 3.63) is 95.6 Å². The van der Waals surface area contributed by atoms with Crippen LogP contribution >= 0.6 is 0 Å². The van der Waals surface area contributed by atoms with Gasteiger partial charge < -0.3 is 10.2 Å². The zero-order chi connectivity index (χ0) is 20.2. The van der Waals surface area contributed by atoms with Crippen molar-refractivity contribution >= 4 is 17.3 Å². The van der Waals surface area contributed by atoms with Crippen molar-refractivity contribution in [2.75, 3.05) is 10.2 Å². The molecule has 0 saturated carbocycles. The number of benzene rings is 3. The summed E-state index contributed by atoms with van der Waals surface area (Å²) in [6.45, 7) is 4.31. The minimum atomic E-state index is 0.0751. The first-order valence-corrected chi connectivity index (χ1v) is 10.5. The van der Waals surface area contributed by atoms with E-state index < -0.39 is 0 Å². The van der Waals surface area contributed by atoms with E-state index in [2.05, 4.69) is 61.6 Å². The molecule has 0 bridgehead atoms. The fraction of sp³-hybridized carbons (Fsp3) is 0.269. The first kappa shape index (κ1) is 19.3. The van der Waals surface area contributed by atoms with Crippen molar-refractivity contribution in [1.82, 2.24) is 0 Å². The average molecular weight is 385 g/mol. The Balaban J connectivity index is 1.63. The van der Waals surface area contributed by atoms with Crippen molar-refractivity contribution < 1.29 is 4.79 Å². The molecule has 3 aromatic carbocycles. The van der Waals surface area contributed by atoms with Crippen LogP contribution in [0.3, 0.4) is 0 Å². The number of hydrogen-bond acceptors (Lipinski definition) is 2. The molecule has 3 aromatic rings. The number of rotatable bonds is 5. The van der Waals surface area contributed by atoms with Gasteiger partial charge in [0.05, 0.1) is 6.04 Å². The Morgan fingerprint density at radius 2 is 1.66 bits per heavy atom. The first-order chi connectivity index (χ1) is 14.2. The van der Waals surface area contributed by atoms with Gasteiger partial charge in [-0.05, 0) is 61.2 Å². The van der Waals surface area contributed by atoms with Gasteiger partial charge in [-0.25, -0.2) is 0 Å². The fourth-order valence-electron chi connectivity index (χ4n) is 4.24. The molecule has 3 nitrogen and oxygen atoms in total. The van der Waals surface area contributed by atoms with Gasteiger partial charge in [0.25, 0.3) is 5.91 Å². The van der Waals surface area contributed by atoms with E-state index in [1.165, 1.54) is 11.1 Å². The van der Waals surface area contributed by atoms with Crippen molar-refractivity contribution in [2.24, 2.45) is 0 Å². The summed E-state index contributed by atoms with van der Waals surface area (Å²) in [7, 11) is 0. The molecule has 0 unspecified atom stereocenters. The number of anilines is 2. The highest BCUT2D eigenvalue weighted by atomic mass is 16.2. The summed E-state index contributed by atoms with van der Waals surface area (Å²) in [5.74, 6) is 0.0751. The Morgan fingerprint density at radius 1 is 0.966 bits per heavy atom. The van der Waals surface area contributed by atoms with Gasteiger partial charge in [0, 0.05) is 23.0 Å². The highest BCUT2D eigenvalue weighted by Crippen LogP contribution is 2.39. The van der Waals surface area contributed by atoms with Crippen LogP contribution in [0, 0.1) is 0 Å². The van der Waals surface area contributed by atoms with Gasteiger partial charge in [-0.3, -0.25) is 4.79 Å². The largest absolute Gasteiger partial charge is 0.378 e. The van der Waals surface area contributed by atoms with Crippen LogP contribution in [-0.2, 0) is 6.42 Å². The van der Waals surface area contributed by atoms with E-state index in [1.807, 2.05) is 41.3 Å². The van der Waals surface area contributed by atoms with E-state index in [0.29, 0.717) is 0 Å². The summed E-state index contributed by atoms with van der Waals surface area (Å²) in [5, 5.41) is 3.65. The Morgan fingerprint density at radius 3 is 2.38 bits per heavy atom. The van der Waals surface area contributed by atoms with Crippen LogP contribution in [0.2, 0.25) is 0 Å². The number of nitrogens with one attached hydrogen (secondary N) is 1. The van der Waals surface area contributed by atoms with E-state index in [1.54, 1.807) is 0 Å². The normalized spacial score (nSPS) is 18.2. The molecule has 1 amide bonds. The molecular formula is C26H28N2O. The fourth-order valence-corrected chi connectivity index (χ4v) is 4.24. The SMILES string of the molecule is CCCc1ccc(C(=O)N2c3ccccc3[C@@H](Nc3ccccc3)C[C@H]2C)cc1. The van der Waals surface area contributed by atoms with Crippen molar-refractivity contribution in [3.63, 3.8) is 0 Å². The summed E-state index contributed by atoms with van der Waals surface area (Å²) in [6, 6.07) is 26.9. The van der Waals surface area contributed by atoms with Gasteiger partial charge in [-0.2, -0.15) is 0 Å². The molecule has 2 atom stereocenters. The summed E-state index contributed by atoms with van der Waals surface area (Å²) in [6.07, 6.45) is 3.02. The summed E-state index contributed by atoms with van der Waals surface area (Å²) < 4.78 is 0. The van der Waals surface area contributed by atoms with E-state index in [9.17, 15) is 4.79 Å². The van der Waals surface area contributed by atoms with E-state index in [0.717, 1.165) is 36.2 Å². The molecular weight excluding hydrogens is 356 g/mol. The highest BCUT2D eigenvalue weighted by Gasteiger charge is 2.34. The number of carbonyl (C=O) groups excluding carboxylic acids is 1. The standard InChI is InChI=1S/C26H28N2O/c1-3-9-20-14-16-21(17-15-20)26(29)28-19(2)18-24(23-12-7-8-13-25(23)28)27-22-10-5-4-6-11-22/h4-8,10-17,19,24,27H,3,9,18H2,1-2H3/t19-,24+/m1/s1. The molecule has 1 heterocycles. The number of nitrogens with zero attached hydrogens (tertiary/aromatic N) is 1. The van der Waals surface area contributed by atoms with Crippen LogP contribution in [0.1, 0.15) is 54.2 Å². The lowest BCUT2D eigenvalue weighted by molar-refractivity contribution is 0.0974. The van der Waals surface area contributed by atoms with Crippen LogP contribution in [0.5, 0.6) is 0 Å². The molecule has 0 aromatic heterocycles. The van der Waals surface area contributed by atoms with E-state index in [-0.39, 0.29) is 18.0 Å². The third-order valence-corrected chi connectivity index (χ3v) is 5.66. The summed E-state index contributed by atoms with van der Waals surface area (Å²) in [5.41, 5.74) is 5.31. The van der Waals surface area contributed by atoms with Gasteiger partial charge in [0.1, 0.15) is 0 Å². The van der Waals surface area contributed by atoms with Crippen molar-refractivity contribution in [1.29, 1.82) is 0 Å². The highest BCUT2D eigenvalue weighted by molar-refractivity contribution is 6.07. The Kier molecular flexibility index (Phi) is 5.66. The van der Waals surface area contributed by atoms with Gasteiger partial charge in [-0.15, -0.1) is 0 Å². The first-order valence-electron chi connectivity index (χ1n) is 10.5. The smallest absolute Gasteiger partial charge is 0.258 e. The summed E-state index contributed by atoms with van der Waals surface area (Å²) >= 11 is 0. The Labute approximate surface area is 173 Å². The van der Waals surface area contributed by atoms with Gasteiger partial charge in [0.15, 0.2) is 0 Å². The number of para-hydroxylation sites is 2. The van der Waals surface area contributed by atoms with E-state index in [4.69, 9.17) is 0 Å². The second-order valence-electron chi connectivity index (χ2n) is 7.83. The van der Waals surface area contributed by atoms with Crippen LogP contribution in [0.15, 0.2) is 78.9 Å². The molecule has 1 N–H and O–H groups in total. The molecule has 0 fully saturated rings. The quantitative estimate of drug-likeness (QED) is 0.565. The summed E-state index contributed by atoms with van der Waals surface area (Å²) in [4.78, 5) is 15.4. The number of hydrogen-bond donors (Lipinski definition) is 1. The van der Waals surface area contributed by atoms with Gasteiger partial charge >= 0.3 is 0 Å². The zero-order valence-electron chi connectivity index (χ0n) is 17.1. The van der Waals surface area contributed by atoms with E-state index >= 15 is 0 Å². The molecule has 1 aliphatic heterocycles. The minimum Gasteiger partial charge on any atom is -0.378 e. The lowest BCUT2D eigenvalue weighted by Crippen LogP contribution is -2.44. The topological polar surface area (TPSA) is 32.3 Å². The minimum absolute atomic E-state index is 0.0751. The maximum atomic E-state index is 13.4. The monoisotopic (exact) mass is 384 g/mol. The van der Waals surface area contributed by atoms with Crippen LogP contribution in [0.25, 0.3) is 0 Å². The Bertz CT molecular complexity index is 966. The maximum absolute atomic E-state index is 13.4. The number of amides is 1. The Hall–Kier alpha value is -3.07. The predicted molar refractivity (Wildman–Crippen MR) is 121 cm³/mol. The predicted octanol–water partition coefficient (Wildman–Crippen LogP) is 6.23. The molecule has 0 spiro atoms.